The molecule has 0 amide bonds. The summed E-state index contributed by atoms with van der Waals surface area (Å²) < 4.78 is 5.34. The Morgan fingerprint density at radius 1 is 1.37 bits per heavy atom. The second-order valence-electron chi connectivity index (χ2n) is 4.41. The summed E-state index contributed by atoms with van der Waals surface area (Å²) in [7, 11) is 1.60. The van der Waals surface area contributed by atoms with Gasteiger partial charge in [-0.3, -0.25) is 4.79 Å². The maximum atomic E-state index is 11.8. The molecule has 5 heteroatoms. The molecule has 1 aromatic carbocycles. The minimum Gasteiger partial charge on any atom is -0.496 e. The lowest BCUT2D eigenvalue weighted by molar-refractivity contribution is 0.0968. The van der Waals surface area contributed by atoms with Gasteiger partial charge in [-0.05, 0) is 31.0 Å². The van der Waals surface area contributed by atoms with E-state index in [4.69, 9.17) is 16.3 Å². The topological polar surface area (TPSA) is 39.2 Å². The highest BCUT2D eigenvalue weighted by molar-refractivity contribution is 7.15. The van der Waals surface area contributed by atoms with Gasteiger partial charge in [-0.15, -0.1) is 11.3 Å². The Labute approximate surface area is 120 Å². The van der Waals surface area contributed by atoms with E-state index in [1.54, 1.807) is 24.5 Å². The maximum Gasteiger partial charge on any atom is 0.182 e. The Morgan fingerprint density at radius 2 is 2.21 bits per heavy atom. The number of halogens is 1. The van der Waals surface area contributed by atoms with Gasteiger partial charge >= 0.3 is 0 Å². The van der Waals surface area contributed by atoms with Crippen molar-refractivity contribution in [3.63, 3.8) is 0 Å². The van der Waals surface area contributed by atoms with Crippen molar-refractivity contribution in [1.82, 2.24) is 4.98 Å². The third kappa shape index (κ3) is 2.26. The summed E-state index contributed by atoms with van der Waals surface area (Å²) in [6.07, 6.45) is 2.47. The standard InChI is InChI=1S/C14H12ClNO2S/c1-18-11-7-8(15)5-6-9(11)14-16-13-10(17)3-2-4-12(13)19-14/h5-7H,2-4H2,1H3. The van der Waals surface area contributed by atoms with Gasteiger partial charge in [-0.2, -0.15) is 0 Å². The maximum absolute atomic E-state index is 11.8. The number of methoxy groups -OCH3 is 1. The smallest absolute Gasteiger partial charge is 0.182 e. The van der Waals surface area contributed by atoms with Crippen molar-refractivity contribution < 1.29 is 9.53 Å². The van der Waals surface area contributed by atoms with Crippen LogP contribution in [0.5, 0.6) is 5.75 Å². The molecule has 0 radical (unpaired) electrons. The lowest BCUT2D eigenvalue weighted by Crippen LogP contribution is -2.08. The quantitative estimate of drug-likeness (QED) is 0.840. The van der Waals surface area contributed by atoms with E-state index >= 15 is 0 Å². The number of nitrogens with zero attached hydrogens (tertiary/aromatic N) is 1. The van der Waals surface area contributed by atoms with E-state index in [9.17, 15) is 4.79 Å². The van der Waals surface area contributed by atoms with Crippen molar-refractivity contribution >= 4 is 28.7 Å². The van der Waals surface area contributed by atoms with E-state index in [-0.39, 0.29) is 5.78 Å². The number of aryl methyl sites for hydroxylation is 1. The van der Waals surface area contributed by atoms with Crippen LogP contribution in [0.2, 0.25) is 5.02 Å². The van der Waals surface area contributed by atoms with E-state index in [1.807, 2.05) is 12.1 Å². The first-order valence-corrected chi connectivity index (χ1v) is 7.25. The summed E-state index contributed by atoms with van der Waals surface area (Å²) in [5.41, 5.74) is 1.53. The van der Waals surface area contributed by atoms with E-state index in [2.05, 4.69) is 4.98 Å². The zero-order chi connectivity index (χ0) is 13.4. The molecule has 0 saturated carbocycles. The first-order valence-electron chi connectivity index (χ1n) is 6.06. The SMILES string of the molecule is COc1cc(Cl)ccc1-c1nc2c(s1)CCCC2=O. The fraction of sp³-hybridized carbons (Fsp3) is 0.286. The number of benzene rings is 1. The van der Waals surface area contributed by atoms with Gasteiger partial charge in [0.05, 0.1) is 12.7 Å². The largest absolute Gasteiger partial charge is 0.496 e. The van der Waals surface area contributed by atoms with Crippen molar-refractivity contribution in [2.45, 2.75) is 19.3 Å². The zero-order valence-electron chi connectivity index (χ0n) is 10.4. The molecule has 98 valence electrons. The number of carbonyl (C=O) groups is 1. The summed E-state index contributed by atoms with van der Waals surface area (Å²) in [6.45, 7) is 0. The van der Waals surface area contributed by atoms with Crippen molar-refractivity contribution in [2.75, 3.05) is 7.11 Å². The van der Waals surface area contributed by atoms with Crippen LogP contribution < -0.4 is 4.74 Å². The highest BCUT2D eigenvalue weighted by Crippen LogP contribution is 2.38. The molecule has 0 unspecified atom stereocenters. The van der Waals surface area contributed by atoms with Crippen LogP contribution in [-0.4, -0.2) is 17.9 Å². The molecule has 2 aromatic rings. The molecule has 0 aliphatic heterocycles. The minimum atomic E-state index is 0.150. The minimum absolute atomic E-state index is 0.150. The molecule has 0 saturated heterocycles. The lowest BCUT2D eigenvalue weighted by Gasteiger charge is -2.06. The molecule has 0 atom stereocenters. The van der Waals surface area contributed by atoms with Crippen molar-refractivity contribution in [2.24, 2.45) is 0 Å². The van der Waals surface area contributed by atoms with Crippen LogP contribution in [0.3, 0.4) is 0 Å². The number of fused-ring (bicyclic) bond motifs is 1. The number of hydrogen-bond acceptors (Lipinski definition) is 4. The highest BCUT2D eigenvalue weighted by Gasteiger charge is 2.23. The van der Waals surface area contributed by atoms with Gasteiger partial charge in [0.1, 0.15) is 16.5 Å². The Bertz CT molecular complexity index is 651. The Morgan fingerprint density at radius 3 is 2.95 bits per heavy atom. The van der Waals surface area contributed by atoms with E-state index in [0.29, 0.717) is 22.9 Å². The summed E-state index contributed by atoms with van der Waals surface area (Å²) in [5, 5.41) is 1.45. The van der Waals surface area contributed by atoms with Crippen LogP contribution in [0, 0.1) is 0 Å². The summed E-state index contributed by atoms with van der Waals surface area (Å²) in [5.74, 6) is 0.836. The summed E-state index contributed by atoms with van der Waals surface area (Å²) >= 11 is 7.53. The van der Waals surface area contributed by atoms with Crippen molar-refractivity contribution in [1.29, 1.82) is 0 Å². The molecular formula is C14H12ClNO2S. The van der Waals surface area contributed by atoms with Crippen LogP contribution >= 0.6 is 22.9 Å². The van der Waals surface area contributed by atoms with Crippen molar-refractivity contribution in [3.8, 4) is 16.3 Å². The number of hydrogen-bond donors (Lipinski definition) is 0. The molecular weight excluding hydrogens is 282 g/mol. The van der Waals surface area contributed by atoms with Crippen LogP contribution in [-0.2, 0) is 6.42 Å². The third-order valence-electron chi connectivity index (χ3n) is 3.16. The van der Waals surface area contributed by atoms with Crippen LogP contribution in [0.15, 0.2) is 18.2 Å². The first kappa shape index (κ1) is 12.6. The van der Waals surface area contributed by atoms with E-state index in [0.717, 1.165) is 28.3 Å². The summed E-state index contributed by atoms with van der Waals surface area (Å²) in [6, 6.07) is 5.46. The van der Waals surface area contributed by atoms with Gasteiger partial charge in [0, 0.05) is 16.3 Å². The van der Waals surface area contributed by atoms with Crippen LogP contribution in [0.4, 0.5) is 0 Å². The van der Waals surface area contributed by atoms with Gasteiger partial charge in [-0.1, -0.05) is 11.6 Å². The highest BCUT2D eigenvalue weighted by atomic mass is 35.5. The Kier molecular flexibility index (Phi) is 3.29. The molecule has 3 rings (SSSR count). The van der Waals surface area contributed by atoms with Crippen LogP contribution in [0.1, 0.15) is 28.2 Å². The molecule has 1 aliphatic rings. The number of rotatable bonds is 2. The van der Waals surface area contributed by atoms with Gasteiger partial charge in [0.25, 0.3) is 0 Å². The number of Topliss-reactive ketones (excluding diaryl/α,β-unsaturated/α-hetero) is 1. The molecule has 0 fully saturated rings. The molecule has 3 nitrogen and oxygen atoms in total. The molecule has 19 heavy (non-hydrogen) atoms. The molecule has 1 heterocycles. The molecule has 0 bridgehead atoms. The Hall–Kier alpha value is -1.39. The third-order valence-corrected chi connectivity index (χ3v) is 4.55. The average Bonchev–Trinajstić information content (AvgIpc) is 2.83. The monoisotopic (exact) mass is 293 g/mol. The summed E-state index contributed by atoms with van der Waals surface area (Å²) in [4.78, 5) is 17.4. The molecule has 1 aliphatic carbocycles. The predicted octanol–water partition coefficient (Wildman–Crippen LogP) is 3.99. The molecule has 1 aromatic heterocycles. The fourth-order valence-electron chi connectivity index (χ4n) is 2.22. The number of aromatic nitrogens is 1. The van der Waals surface area contributed by atoms with Gasteiger partial charge < -0.3 is 4.74 Å². The van der Waals surface area contributed by atoms with Gasteiger partial charge in [-0.25, -0.2) is 4.98 Å². The van der Waals surface area contributed by atoms with Gasteiger partial charge in [0.15, 0.2) is 5.78 Å². The number of thiazole rings is 1. The van der Waals surface area contributed by atoms with E-state index in [1.165, 1.54) is 0 Å². The zero-order valence-corrected chi connectivity index (χ0v) is 12.0. The second kappa shape index (κ2) is 4.94. The second-order valence-corrected chi connectivity index (χ2v) is 5.93. The first-order chi connectivity index (χ1) is 9.19. The fourth-order valence-corrected chi connectivity index (χ4v) is 3.54. The van der Waals surface area contributed by atoms with Gasteiger partial charge in [0.2, 0.25) is 0 Å². The normalized spacial score (nSPS) is 14.3. The van der Waals surface area contributed by atoms with E-state index < -0.39 is 0 Å². The lowest BCUT2D eigenvalue weighted by atomic mass is 10.0. The molecule has 0 N–H and O–H groups in total. The molecule has 0 spiro atoms. The average molecular weight is 294 g/mol. The van der Waals surface area contributed by atoms with Crippen molar-refractivity contribution in [3.05, 3.63) is 33.8 Å². The Balaban J connectivity index is 2.10. The van der Waals surface area contributed by atoms with Crippen LogP contribution in [0.25, 0.3) is 10.6 Å². The number of ether oxygens (including phenoxy) is 1. The number of carbonyl (C=O) groups excluding carboxylic acids is 1. The predicted molar refractivity (Wildman–Crippen MR) is 76.4 cm³/mol. The number of ketones is 1.